The molecule has 5 nitrogen and oxygen atoms in total. The second-order valence-electron chi connectivity index (χ2n) is 4.30. The molecule has 1 aromatic carbocycles. The van der Waals surface area contributed by atoms with Crippen LogP contribution in [0.3, 0.4) is 0 Å². The van der Waals surface area contributed by atoms with Crippen molar-refractivity contribution in [3.63, 3.8) is 0 Å². The maximum atomic E-state index is 10.8. The van der Waals surface area contributed by atoms with Gasteiger partial charge in [-0.2, -0.15) is 0 Å². The Kier molecular flexibility index (Phi) is 4.09. The van der Waals surface area contributed by atoms with Crippen molar-refractivity contribution in [1.29, 1.82) is 0 Å². The fraction of sp³-hybridized carbons (Fsp3) is 0.455. The summed E-state index contributed by atoms with van der Waals surface area (Å²) in [4.78, 5) is 14.8. The summed E-state index contributed by atoms with van der Waals surface area (Å²) in [6, 6.07) is 3.13. The minimum absolute atomic E-state index is 0.00197. The first-order valence-electron chi connectivity index (χ1n) is 5.56. The van der Waals surface area contributed by atoms with Crippen molar-refractivity contribution in [2.24, 2.45) is 0 Å². The molecule has 0 atom stereocenters. The van der Waals surface area contributed by atoms with Crippen LogP contribution < -0.4 is 4.90 Å². The maximum absolute atomic E-state index is 10.8. The first-order valence-corrected chi connectivity index (χ1v) is 6.73. The highest BCUT2D eigenvalue weighted by molar-refractivity contribution is 9.10. The molecule has 18 heavy (non-hydrogen) atoms. The fourth-order valence-corrected chi connectivity index (χ4v) is 2.71. The molecule has 1 aliphatic rings. The number of benzene rings is 1. The van der Waals surface area contributed by atoms with E-state index in [1.54, 1.807) is 6.07 Å². The molecule has 1 fully saturated rings. The lowest BCUT2D eigenvalue weighted by molar-refractivity contribution is -0.385. The molecule has 0 amide bonds. The average Bonchev–Trinajstić information content (AvgIpc) is 2.32. The molecule has 0 N–H and O–H groups in total. The van der Waals surface area contributed by atoms with Gasteiger partial charge in [0.1, 0.15) is 0 Å². The number of nitro groups is 1. The van der Waals surface area contributed by atoms with E-state index in [0.717, 1.165) is 31.9 Å². The molecule has 0 saturated carbocycles. The minimum Gasteiger partial charge on any atom is -0.368 e. The molecule has 7 heteroatoms. The number of halogens is 2. The van der Waals surface area contributed by atoms with Crippen LogP contribution in [-0.4, -0.2) is 43.0 Å². The van der Waals surface area contributed by atoms with Crippen LogP contribution in [0.2, 0.25) is 5.02 Å². The Hall–Kier alpha value is -0.850. The number of likely N-dealkylation sites (N-methyl/N-ethyl adjacent to an activating group) is 1. The van der Waals surface area contributed by atoms with E-state index in [1.165, 1.54) is 6.07 Å². The lowest BCUT2D eigenvalue weighted by Crippen LogP contribution is -2.44. The van der Waals surface area contributed by atoms with E-state index in [9.17, 15) is 10.1 Å². The molecular weight excluding hydrogens is 321 g/mol. The highest BCUT2D eigenvalue weighted by Gasteiger charge is 2.21. The number of anilines is 1. The molecule has 1 aromatic rings. The molecule has 0 spiro atoms. The molecule has 0 aromatic heterocycles. The van der Waals surface area contributed by atoms with Gasteiger partial charge in [-0.15, -0.1) is 0 Å². The van der Waals surface area contributed by atoms with Crippen molar-refractivity contribution in [3.8, 4) is 0 Å². The molecule has 98 valence electrons. The van der Waals surface area contributed by atoms with Crippen molar-refractivity contribution in [2.75, 3.05) is 38.1 Å². The van der Waals surface area contributed by atoms with Gasteiger partial charge in [0.25, 0.3) is 5.69 Å². The lowest BCUT2D eigenvalue weighted by atomic mass is 10.2. The van der Waals surface area contributed by atoms with E-state index >= 15 is 0 Å². The first-order chi connectivity index (χ1) is 8.49. The summed E-state index contributed by atoms with van der Waals surface area (Å²) in [5.74, 6) is 0. The summed E-state index contributed by atoms with van der Waals surface area (Å²) in [6.45, 7) is 3.68. The fourth-order valence-electron chi connectivity index (χ4n) is 1.96. The lowest BCUT2D eigenvalue weighted by Gasteiger charge is -2.34. The number of rotatable bonds is 2. The molecule has 2 rings (SSSR count). The van der Waals surface area contributed by atoms with Crippen LogP contribution in [-0.2, 0) is 0 Å². The predicted octanol–water partition coefficient (Wildman–Crippen LogP) is 2.76. The summed E-state index contributed by atoms with van der Waals surface area (Å²) >= 11 is 9.36. The number of nitro benzene ring substituents is 1. The molecule has 0 bridgehead atoms. The van der Waals surface area contributed by atoms with Gasteiger partial charge in [0.05, 0.1) is 20.1 Å². The van der Waals surface area contributed by atoms with Crippen LogP contribution in [0, 0.1) is 10.1 Å². The van der Waals surface area contributed by atoms with Crippen LogP contribution >= 0.6 is 27.5 Å². The average molecular weight is 335 g/mol. The van der Waals surface area contributed by atoms with E-state index in [0.29, 0.717) is 9.50 Å². The Morgan fingerprint density at radius 1 is 1.33 bits per heavy atom. The summed E-state index contributed by atoms with van der Waals surface area (Å²) in [5, 5.41) is 11.2. The standard InChI is InChI=1S/C11H13BrClN3O2/c1-14-2-4-15(5-3-14)11-6-8(12)10(16(17)18)7-9(11)13/h6-7H,2-5H2,1H3. The summed E-state index contributed by atoms with van der Waals surface area (Å²) in [7, 11) is 2.07. The smallest absolute Gasteiger partial charge is 0.285 e. The monoisotopic (exact) mass is 333 g/mol. The first kappa shape index (κ1) is 13.6. The zero-order chi connectivity index (χ0) is 13.3. The second-order valence-corrected chi connectivity index (χ2v) is 5.56. The summed E-state index contributed by atoms with van der Waals surface area (Å²) in [6.07, 6.45) is 0. The van der Waals surface area contributed by atoms with Crippen LogP contribution in [0.15, 0.2) is 16.6 Å². The molecule has 0 unspecified atom stereocenters. The Morgan fingerprint density at radius 3 is 2.50 bits per heavy atom. The highest BCUT2D eigenvalue weighted by Crippen LogP contribution is 2.36. The van der Waals surface area contributed by atoms with Gasteiger partial charge < -0.3 is 9.80 Å². The van der Waals surface area contributed by atoms with Crippen molar-refractivity contribution in [1.82, 2.24) is 4.90 Å². The topological polar surface area (TPSA) is 49.6 Å². The molecule has 0 radical (unpaired) electrons. The van der Waals surface area contributed by atoms with Crippen molar-refractivity contribution >= 4 is 38.9 Å². The van der Waals surface area contributed by atoms with Gasteiger partial charge >= 0.3 is 0 Å². The summed E-state index contributed by atoms with van der Waals surface area (Å²) < 4.78 is 0.464. The van der Waals surface area contributed by atoms with E-state index in [2.05, 4.69) is 32.8 Å². The third kappa shape index (κ3) is 2.76. The van der Waals surface area contributed by atoms with Gasteiger partial charge in [-0.25, -0.2) is 0 Å². The van der Waals surface area contributed by atoms with Crippen LogP contribution in [0.25, 0.3) is 0 Å². The summed E-state index contributed by atoms with van der Waals surface area (Å²) in [5.41, 5.74) is 0.847. The van der Waals surface area contributed by atoms with Gasteiger partial charge in [-0.1, -0.05) is 11.6 Å². The van der Waals surface area contributed by atoms with Crippen molar-refractivity contribution < 1.29 is 4.92 Å². The Morgan fingerprint density at radius 2 is 1.94 bits per heavy atom. The maximum Gasteiger partial charge on any atom is 0.285 e. The molecule has 0 aliphatic carbocycles. The zero-order valence-corrected chi connectivity index (χ0v) is 12.2. The van der Waals surface area contributed by atoms with E-state index < -0.39 is 4.92 Å². The third-order valence-corrected chi connectivity index (χ3v) is 3.99. The van der Waals surface area contributed by atoms with E-state index in [4.69, 9.17) is 11.6 Å². The Labute approximate surface area is 119 Å². The van der Waals surface area contributed by atoms with Gasteiger partial charge in [-0.05, 0) is 29.0 Å². The largest absolute Gasteiger partial charge is 0.368 e. The number of hydrogen-bond donors (Lipinski definition) is 0. The Balaban J connectivity index is 2.29. The number of nitrogens with zero attached hydrogens (tertiary/aromatic N) is 3. The highest BCUT2D eigenvalue weighted by atomic mass is 79.9. The predicted molar refractivity (Wildman–Crippen MR) is 75.5 cm³/mol. The van der Waals surface area contributed by atoms with Gasteiger partial charge in [0.15, 0.2) is 0 Å². The van der Waals surface area contributed by atoms with Gasteiger partial charge in [0, 0.05) is 32.2 Å². The number of piperazine rings is 1. The molecular formula is C11H13BrClN3O2. The van der Waals surface area contributed by atoms with Gasteiger partial charge in [0.2, 0.25) is 0 Å². The normalized spacial score (nSPS) is 16.9. The quantitative estimate of drug-likeness (QED) is 0.616. The van der Waals surface area contributed by atoms with E-state index in [-0.39, 0.29) is 5.69 Å². The van der Waals surface area contributed by atoms with Crippen molar-refractivity contribution in [2.45, 2.75) is 0 Å². The second kappa shape index (κ2) is 5.42. The van der Waals surface area contributed by atoms with Crippen LogP contribution in [0.5, 0.6) is 0 Å². The van der Waals surface area contributed by atoms with Gasteiger partial charge in [-0.3, -0.25) is 10.1 Å². The van der Waals surface area contributed by atoms with Crippen LogP contribution in [0.4, 0.5) is 11.4 Å². The molecule has 1 heterocycles. The van der Waals surface area contributed by atoms with E-state index in [1.807, 2.05) is 0 Å². The van der Waals surface area contributed by atoms with Crippen LogP contribution in [0.1, 0.15) is 0 Å². The SMILES string of the molecule is CN1CCN(c2cc(Br)c([N+](=O)[O-])cc2Cl)CC1. The molecule has 1 aliphatic heterocycles. The molecule has 1 saturated heterocycles. The van der Waals surface area contributed by atoms with Crippen molar-refractivity contribution in [3.05, 3.63) is 31.7 Å². The zero-order valence-electron chi connectivity index (χ0n) is 9.90. The number of hydrogen-bond acceptors (Lipinski definition) is 4. The minimum atomic E-state index is -0.441. The Bertz CT molecular complexity index is 476. The third-order valence-electron chi connectivity index (χ3n) is 3.06.